The SMILES string of the molecule is CN1CCCN(CCc2ccccc2CN)CC1. The molecule has 0 aliphatic carbocycles. The summed E-state index contributed by atoms with van der Waals surface area (Å²) in [6.07, 6.45) is 2.41. The van der Waals surface area contributed by atoms with Crippen LogP contribution in [-0.2, 0) is 13.0 Å². The monoisotopic (exact) mass is 247 g/mol. The van der Waals surface area contributed by atoms with Crippen LogP contribution < -0.4 is 5.73 Å². The first-order chi connectivity index (χ1) is 8.79. The van der Waals surface area contributed by atoms with E-state index in [4.69, 9.17) is 5.73 Å². The fourth-order valence-electron chi connectivity index (χ4n) is 2.60. The second-order valence-corrected chi connectivity index (χ2v) is 5.22. The predicted molar refractivity (Wildman–Crippen MR) is 76.6 cm³/mol. The first kappa shape index (κ1) is 13.5. The van der Waals surface area contributed by atoms with Gasteiger partial charge >= 0.3 is 0 Å². The van der Waals surface area contributed by atoms with Crippen LogP contribution in [0.3, 0.4) is 0 Å². The van der Waals surface area contributed by atoms with E-state index in [2.05, 4.69) is 41.1 Å². The average molecular weight is 247 g/mol. The molecule has 1 heterocycles. The molecule has 0 atom stereocenters. The summed E-state index contributed by atoms with van der Waals surface area (Å²) in [7, 11) is 2.22. The zero-order chi connectivity index (χ0) is 12.8. The van der Waals surface area contributed by atoms with Crippen LogP contribution in [0.4, 0.5) is 0 Å². The van der Waals surface area contributed by atoms with Crippen molar-refractivity contribution in [1.82, 2.24) is 9.80 Å². The van der Waals surface area contributed by atoms with Gasteiger partial charge in [0.25, 0.3) is 0 Å². The van der Waals surface area contributed by atoms with Crippen LogP contribution in [-0.4, -0.2) is 49.6 Å². The molecular formula is C15H25N3. The Balaban J connectivity index is 1.87. The molecule has 1 aliphatic heterocycles. The molecule has 0 saturated carbocycles. The Morgan fingerprint density at radius 2 is 1.83 bits per heavy atom. The zero-order valence-corrected chi connectivity index (χ0v) is 11.4. The number of benzene rings is 1. The van der Waals surface area contributed by atoms with Gasteiger partial charge in [-0.15, -0.1) is 0 Å². The molecule has 100 valence electrons. The van der Waals surface area contributed by atoms with E-state index >= 15 is 0 Å². The summed E-state index contributed by atoms with van der Waals surface area (Å²) in [6.45, 7) is 6.66. The lowest BCUT2D eigenvalue weighted by atomic mass is 10.0. The smallest absolute Gasteiger partial charge is 0.0180 e. The molecule has 1 fully saturated rings. The van der Waals surface area contributed by atoms with E-state index in [9.17, 15) is 0 Å². The van der Waals surface area contributed by atoms with Crippen LogP contribution in [0.15, 0.2) is 24.3 Å². The maximum absolute atomic E-state index is 5.78. The highest BCUT2D eigenvalue weighted by Crippen LogP contribution is 2.10. The summed E-state index contributed by atoms with van der Waals surface area (Å²) < 4.78 is 0. The molecule has 0 bridgehead atoms. The maximum atomic E-state index is 5.78. The second-order valence-electron chi connectivity index (χ2n) is 5.22. The summed E-state index contributed by atoms with van der Waals surface area (Å²) in [5.41, 5.74) is 8.49. The van der Waals surface area contributed by atoms with E-state index in [0.29, 0.717) is 6.54 Å². The molecule has 0 unspecified atom stereocenters. The van der Waals surface area contributed by atoms with E-state index in [0.717, 1.165) is 13.0 Å². The average Bonchev–Trinajstić information content (AvgIpc) is 2.61. The normalized spacial score (nSPS) is 18.8. The molecule has 1 saturated heterocycles. The Hall–Kier alpha value is -0.900. The van der Waals surface area contributed by atoms with Gasteiger partial charge in [0.15, 0.2) is 0 Å². The van der Waals surface area contributed by atoms with Crippen molar-refractivity contribution in [3.8, 4) is 0 Å². The third-order valence-electron chi connectivity index (χ3n) is 3.85. The summed E-state index contributed by atoms with van der Waals surface area (Å²) in [5, 5.41) is 0. The highest BCUT2D eigenvalue weighted by Gasteiger charge is 2.12. The number of hydrogen-bond donors (Lipinski definition) is 1. The molecule has 3 heteroatoms. The van der Waals surface area contributed by atoms with Crippen molar-refractivity contribution >= 4 is 0 Å². The maximum Gasteiger partial charge on any atom is 0.0180 e. The minimum absolute atomic E-state index is 0.652. The molecule has 0 aromatic heterocycles. The van der Waals surface area contributed by atoms with E-state index in [1.54, 1.807) is 0 Å². The standard InChI is InChI=1S/C15H25N3/c1-17-8-4-9-18(12-11-17)10-7-14-5-2-3-6-15(14)13-16/h2-3,5-6H,4,7-13,16H2,1H3. The van der Waals surface area contributed by atoms with E-state index in [-0.39, 0.29) is 0 Å². The van der Waals surface area contributed by atoms with Gasteiger partial charge in [-0.2, -0.15) is 0 Å². The molecular weight excluding hydrogens is 222 g/mol. The zero-order valence-electron chi connectivity index (χ0n) is 11.4. The Morgan fingerprint density at radius 1 is 1.06 bits per heavy atom. The quantitative estimate of drug-likeness (QED) is 0.871. The van der Waals surface area contributed by atoms with Crippen molar-refractivity contribution in [2.24, 2.45) is 5.73 Å². The third kappa shape index (κ3) is 3.80. The van der Waals surface area contributed by atoms with Crippen LogP contribution in [0.5, 0.6) is 0 Å². The van der Waals surface area contributed by atoms with E-state index < -0.39 is 0 Å². The van der Waals surface area contributed by atoms with Gasteiger partial charge in [-0.05, 0) is 44.1 Å². The Labute approximate surface area is 111 Å². The van der Waals surface area contributed by atoms with Gasteiger partial charge in [-0.25, -0.2) is 0 Å². The van der Waals surface area contributed by atoms with Crippen molar-refractivity contribution in [2.75, 3.05) is 39.8 Å². The highest BCUT2D eigenvalue weighted by molar-refractivity contribution is 5.27. The fraction of sp³-hybridized carbons (Fsp3) is 0.600. The van der Waals surface area contributed by atoms with Crippen molar-refractivity contribution in [2.45, 2.75) is 19.4 Å². The van der Waals surface area contributed by atoms with E-state index in [1.165, 1.54) is 43.7 Å². The highest BCUT2D eigenvalue weighted by atomic mass is 15.2. The lowest BCUT2D eigenvalue weighted by molar-refractivity contribution is 0.279. The van der Waals surface area contributed by atoms with Gasteiger partial charge in [-0.3, -0.25) is 0 Å². The molecule has 18 heavy (non-hydrogen) atoms. The van der Waals surface area contributed by atoms with Crippen LogP contribution in [0, 0.1) is 0 Å². The Kier molecular flexibility index (Phi) is 5.17. The molecule has 1 aromatic rings. The summed E-state index contributed by atoms with van der Waals surface area (Å²) >= 11 is 0. The minimum Gasteiger partial charge on any atom is -0.326 e. The molecule has 1 aliphatic rings. The number of nitrogens with zero attached hydrogens (tertiary/aromatic N) is 2. The predicted octanol–water partition coefficient (Wildman–Crippen LogP) is 1.33. The molecule has 2 N–H and O–H groups in total. The molecule has 0 amide bonds. The van der Waals surface area contributed by atoms with Gasteiger partial charge in [0.1, 0.15) is 0 Å². The summed E-state index contributed by atoms with van der Waals surface area (Å²) in [6, 6.07) is 8.55. The molecule has 3 nitrogen and oxygen atoms in total. The van der Waals surface area contributed by atoms with Gasteiger partial charge in [-0.1, -0.05) is 24.3 Å². The summed E-state index contributed by atoms with van der Waals surface area (Å²) in [4.78, 5) is 5.00. The molecule has 2 rings (SSSR count). The Morgan fingerprint density at radius 3 is 2.61 bits per heavy atom. The first-order valence-corrected chi connectivity index (χ1v) is 6.97. The lowest BCUT2D eigenvalue weighted by Crippen LogP contribution is -2.30. The Bertz CT molecular complexity index is 365. The number of hydrogen-bond acceptors (Lipinski definition) is 3. The number of rotatable bonds is 4. The largest absolute Gasteiger partial charge is 0.326 e. The minimum atomic E-state index is 0.652. The number of likely N-dealkylation sites (N-methyl/N-ethyl adjacent to an activating group) is 1. The van der Waals surface area contributed by atoms with Gasteiger partial charge in [0.2, 0.25) is 0 Å². The topological polar surface area (TPSA) is 32.5 Å². The van der Waals surface area contributed by atoms with E-state index in [1.807, 2.05) is 0 Å². The fourth-order valence-corrected chi connectivity index (χ4v) is 2.60. The van der Waals surface area contributed by atoms with Crippen molar-refractivity contribution in [3.05, 3.63) is 35.4 Å². The second kappa shape index (κ2) is 6.88. The third-order valence-corrected chi connectivity index (χ3v) is 3.85. The van der Waals surface area contributed by atoms with Crippen molar-refractivity contribution < 1.29 is 0 Å². The number of nitrogens with two attached hydrogens (primary N) is 1. The summed E-state index contributed by atoms with van der Waals surface area (Å²) in [5.74, 6) is 0. The molecule has 0 radical (unpaired) electrons. The van der Waals surface area contributed by atoms with Gasteiger partial charge in [0.05, 0.1) is 0 Å². The lowest BCUT2D eigenvalue weighted by Gasteiger charge is -2.20. The van der Waals surface area contributed by atoms with Gasteiger partial charge in [0, 0.05) is 26.2 Å². The molecule has 0 spiro atoms. The van der Waals surface area contributed by atoms with Crippen molar-refractivity contribution in [1.29, 1.82) is 0 Å². The molecule has 1 aromatic carbocycles. The van der Waals surface area contributed by atoms with Crippen LogP contribution in [0.1, 0.15) is 17.5 Å². The van der Waals surface area contributed by atoms with Crippen LogP contribution >= 0.6 is 0 Å². The first-order valence-electron chi connectivity index (χ1n) is 6.97. The van der Waals surface area contributed by atoms with Crippen molar-refractivity contribution in [3.63, 3.8) is 0 Å². The van der Waals surface area contributed by atoms with Gasteiger partial charge < -0.3 is 15.5 Å². The van der Waals surface area contributed by atoms with Crippen LogP contribution in [0.25, 0.3) is 0 Å². The van der Waals surface area contributed by atoms with Crippen LogP contribution in [0.2, 0.25) is 0 Å².